The number of halogens is 1. The van der Waals surface area contributed by atoms with E-state index in [9.17, 15) is 4.39 Å². The first-order chi connectivity index (χ1) is 14.6. The highest BCUT2D eigenvalue weighted by Crippen LogP contribution is 2.15. The molecule has 0 bridgehead atoms. The van der Waals surface area contributed by atoms with Crippen molar-refractivity contribution < 1.29 is 13.9 Å². The SMILES string of the molecule is CCNC(=NCc1cccc(COC2CCOCC2)c1)N(C)Cc1cccc(F)c1. The maximum atomic E-state index is 13.5. The minimum Gasteiger partial charge on any atom is -0.381 e. The Labute approximate surface area is 178 Å². The van der Waals surface area contributed by atoms with E-state index < -0.39 is 0 Å². The first kappa shape index (κ1) is 22.2. The zero-order chi connectivity index (χ0) is 21.2. The number of hydrogen-bond donors (Lipinski definition) is 1. The van der Waals surface area contributed by atoms with E-state index in [1.807, 2.05) is 24.9 Å². The van der Waals surface area contributed by atoms with Crippen LogP contribution in [-0.2, 0) is 29.2 Å². The fourth-order valence-corrected chi connectivity index (χ4v) is 3.49. The van der Waals surface area contributed by atoms with Crippen molar-refractivity contribution in [2.75, 3.05) is 26.8 Å². The smallest absolute Gasteiger partial charge is 0.194 e. The van der Waals surface area contributed by atoms with Gasteiger partial charge in [0.2, 0.25) is 0 Å². The van der Waals surface area contributed by atoms with Crippen LogP contribution in [0.3, 0.4) is 0 Å². The lowest BCUT2D eigenvalue weighted by molar-refractivity contribution is -0.0390. The van der Waals surface area contributed by atoms with Gasteiger partial charge in [-0.3, -0.25) is 0 Å². The van der Waals surface area contributed by atoms with Gasteiger partial charge in [-0.1, -0.05) is 36.4 Å². The third-order valence-electron chi connectivity index (χ3n) is 5.06. The van der Waals surface area contributed by atoms with Crippen molar-refractivity contribution in [2.24, 2.45) is 4.99 Å². The minimum atomic E-state index is -0.220. The Morgan fingerprint density at radius 1 is 1.13 bits per heavy atom. The van der Waals surface area contributed by atoms with Crippen molar-refractivity contribution in [3.05, 3.63) is 71.0 Å². The summed E-state index contributed by atoms with van der Waals surface area (Å²) in [6.07, 6.45) is 2.22. The Bertz CT molecular complexity index is 822. The maximum absolute atomic E-state index is 13.5. The molecule has 0 saturated carbocycles. The van der Waals surface area contributed by atoms with Gasteiger partial charge in [-0.15, -0.1) is 0 Å². The number of aliphatic imine (C=N–C) groups is 1. The van der Waals surface area contributed by atoms with Crippen molar-refractivity contribution >= 4 is 5.96 Å². The lowest BCUT2D eigenvalue weighted by Gasteiger charge is -2.23. The highest BCUT2D eigenvalue weighted by Gasteiger charge is 2.14. The molecule has 30 heavy (non-hydrogen) atoms. The number of nitrogens with zero attached hydrogens (tertiary/aromatic N) is 2. The summed E-state index contributed by atoms with van der Waals surface area (Å²) in [6, 6.07) is 15.0. The molecule has 1 aliphatic heterocycles. The largest absolute Gasteiger partial charge is 0.381 e. The van der Waals surface area contributed by atoms with Gasteiger partial charge < -0.3 is 19.7 Å². The molecule has 0 spiro atoms. The number of nitrogens with one attached hydrogen (secondary N) is 1. The van der Waals surface area contributed by atoms with Gasteiger partial charge >= 0.3 is 0 Å². The number of ether oxygens (including phenoxy) is 2. The standard InChI is InChI=1S/C24H32FN3O2/c1-3-26-24(28(2)17-20-7-5-9-22(25)15-20)27-16-19-6-4-8-21(14-19)18-30-23-10-12-29-13-11-23/h4-9,14-15,23H,3,10-13,16-18H2,1-2H3,(H,26,27). The van der Waals surface area contributed by atoms with Gasteiger partial charge in [-0.2, -0.15) is 0 Å². The molecule has 2 aromatic rings. The van der Waals surface area contributed by atoms with E-state index in [1.54, 1.807) is 12.1 Å². The maximum Gasteiger partial charge on any atom is 0.194 e. The second-order valence-electron chi connectivity index (χ2n) is 7.60. The molecular formula is C24H32FN3O2. The average molecular weight is 414 g/mol. The molecule has 1 aliphatic rings. The Balaban J connectivity index is 1.59. The van der Waals surface area contributed by atoms with Crippen LogP contribution >= 0.6 is 0 Å². The number of hydrogen-bond acceptors (Lipinski definition) is 3. The quantitative estimate of drug-likeness (QED) is 0.522. The van der Waals surface area contributed by atoms with E-state index in [2.05, 4.69) is 29.6 Å². The van der Waals surface area contributed by atoms with Gasteiger partial charge in [0.05, 0.1) is 19.3 Å². The van der Waals surface area contributed by atoms with Crippen LogP contribution in [0.2, 0.25) is 0 Å². The van der Waals surface area contributed by atoms with Crippen molar-refractivity contribution in [3.8, 4) is 0 Å². The third kappa shape index (κ3) is 7.11. The Hall–Kier alpha value is -2.44. The molecule has 0 unspecified atom stereocenters. The molecule has 2 aromatic carbocycles. The molecular weight excluding hydrogens is 381 g/mol. The minimum absolute atomic E-state index is 0.220. The van der Waals surface area contributed by atoms with Crippen LogP contribution in [0.15, 0.2) is 53.5 Å². The highest BCUT2D eigenvalue weighted by molar-refractivity contribution is 5.79. The summed E-state index contributed by atoms with van der Waals surface area (Å²) < 4.78 is 24.9. The predicted octanol–water partition coefficient (Wildman–Crippen LogP) is 4.12. The topological polar surface area (TPSA) is 46.1 Å². The number of rotatable bonds is 8. The summed E-state index contributed by atoms with van der Waals surface area (Å²) in [6.45, 7) is 6.15. The summed E-state index contributed by atoms with van der Waals surface area (Å²) in [5.41, 5.74) is 3.21. The van der Waals surface area contributed by atoms with E-state index in [0.717, 1.165) is 55.3 Å². The molecule has 3 rings (SSSR count). The summed E-state index contributed by atoms with van der Waals surface area (Å²) >= 11 is 0. The zero-order valence-corrected chi connectivity index (χ0v) is 17.9. The van der Waals surface area contributed by atoms with Crippen LogP contribution in [0, 0.1) is 5.82 Å². The van der Waals surface area contributed by atoms with Crippen LogP contribution < -0.4 is 5.32 Å². The van der Waals surface area contributed by atoms with Crippen molar-refractivity contribution in [2.45, 2.75) is 45.6 Å². The Morgan fingerprint density at radius 2 is 1.87 bits per heavy atom. The van der Waals surface area contributed by atoms with Crippen LogP contribution in [0.5, 0.6) is 0 Å². The number of benzene rings is 2. The van der Waals surface area contributed by atoms with Crippen LogP contribution in [-0.4, -0.2) is 43.8 Å². The summed E-state index contributed by atoms with van der Waals surface area (Å²) in [5, 5.41) is 3.32. The van der Waals surface area contributed by atoms with Crippen molar-refractivity contribution in [1.29, 1.82) is 0 Å². The average Bonchev–Trinajstić information content (AvgIpc) is 2.76. The molecule has 1 fully saturated rings. The van der Waals surface area contributed by atoms with Crippen molar-refractivity contribution in [1.82, 2.24) is 10.2 Å². The van der Waals surface area contributed by atoms with Gasteiger partial charge in [0.1, 0.15) is 5.82 Å². The molecule has 162 valence electrons. The lowest BCUT2D eigenvalue weighted by Crippen LogP contribution is -2.38. The Kier molecular flexibility index (Phi) is 8.66. The molecule has 1 N–H and O–H groups in total. The van der Waals surface area contributed by atoms with Crippen molar-refractivity contribution in [3.63, 3.8) is 0 Å². The van der Waals surface area contributed by atoms with Gasteiger partial charge in [-0.25, -0.2) is 9.38 Å². The van der Waals surface area contributed by atoms with Gasteiger partial charge in [0, 0.05) is 33.4 Å². The zero-order valence-electron chi connectivity index (χ0n) is 17.9. The summed E-state index contributed by atoms with van der Waals surface area (Å²) in [7, 11) is 1.96. The molecule has 5 nitrogen and oxygen atoms in total. The predicted molar refractivity (Wildman–Crippen MR) is 118 cm³/mol. The molecule has 0 amide bonds. The van der Waals surface area contributed by atoms with E-state index in [-0.39, 0.29) is 11.9 Å². The molecule has 0 aliphatic carbocycles. The van der Waals surface area contributed by atoms with E-state index >= 15 is 0 Å². The lowest BCUT2D eigenvalue weighted by atomic mass is 10.1. The molecule has 1 saturated heterocycles. The molecule has 0 aromatic heterocycles. The normalized spacial score (nSPS) is 15.2. The molecule has 0 radical (unpaired) electrons. The third-order valence-corrected chi connectivity index (χ3v) is 5.06. The number of guanidine groups is 1. The Morgan fingerprint density at radius 3 is 2.63 bits per heavy atom. The highest BCUT2D eigenvalue weighted by atomic mass is 19.1. The second kappa shape index (κ2) is 11.7. The van der Waals surface area contributed by atoms with Gasteiger partial charge in [0.25, 0.3) is 0 Å². The fraction of sp³-hybridized carbons (Fsp3) is 0.458. The van der Waals surface area contributed by atoms with Crippen LogP contribution in [0.1, 0.15) is 36.5 Å². The summed E-state index contributed by atoms with van der Waals surface area (Å²) in [5.74, 6) is 0.577. The van der Waals surface area contributed by atoms with Crippen LogP contribution in [0.4, 0.5) is 4.39 Å². The second-order valence-corrected chi connectivity index (χ2v) is 7.60. The van der Waals surface area contributed by atoms with E-state index in [4.69, 9.17) is 14.5 Å². The van der Waals surface area contributed by atoms with Crippen LogP contribution in [0.25, 0.3) is 0 Å². The van der Waals surface area contributed by atoms with Gasteiger partial charge in [-0.05, 0) is 48.6 Å². The van der Waals surface area contributed by atoms with E-state index in [1.165, 1.54) is 6.07 Å². The summed E-state index contributed by atoms with van der Waals surface area (Å²) in [4.78, 5) is 6.78. The monoisotopic (exact) mass is 413 g/mol. The molecule has 1 heterocycles. The van der Waals surface area contributed by atoms with Gasteiger partial charge in [0.15, 0.2) is 5.96 Å². The molecule has 0 atom stereocenters. The first-order valence-electron chi connectivity index (χ1n) is 10.6. The molecule has 6 heteroatoms. The first-order valence-corrected chi connectivity index (χ1v) is 10.6. The fourth-order valence-electron chi connectivity index (χ4n) is 3.49. The van der Waals surface area contributed by atoms with E-state index in [0.29, 0.717) is 19.7 Å².